The van der Waals surface area contributed by atoms with Gasteiger partial charge in [0, 0.05) is 60.6 Å². The molecule has 5 nitrogen and oxygen atoms in total. The first-order valence-corrected chi connectivity index (χ1v) is 7.90. The second kappa shape index (κ2) is 5.66. The van der Waals surface area contributed by atoms with Gasteiger partial charge in [0.2, 0.25) is 0 Å². The molecule has 0 bridgehead atoms. The van der Waals surface area contributed by atoms with Crippen LogP contribution in [0.2, 0.25) is 0 Å². The van der Waals surface area contributed by atoms with E-state index in [1.54, 1.807) is 7.11 Å². The molecule has 5 heteroatoms. The molecule has 0 spiro atoms. The van der Waals surface area contributed by atoms with Crippen molar-refractivity contribution in [2.45, 2.75) is 26.4 Å². The van der Waals surface area contributed by atoms with Gasteiger partial charge in [0.05, 0.1) is 7.11 Å². The van der Waals surface area contributed by atoms with Crippen LogP contribution in [0.3, 0.4) is 0 Å². The SMILES string of the molecule is COc1ccc2[nH]cc(CN3CCc4nc(C)ncc4C3)c2c1. The fourth-order valence-electron chi connectivity index (χ4n) is 3.27. The number of hydrogen-bond acceptors (Lipinski definition) is 4. The Hall–Kier alpha value is -2.40. The van der Waals surface area contributed by atoms with Gasteiger partial charge in [-0.2, -0.15) is 0 Å². The highest BCUT2D eigenvalue weighted by molar-refractivity contribution is 5.84. The lowest BCUT2D eigenvalue weighted by Crippen LogP contribution is -2.30. The Bertz CT molecular complexity index is 855. The third kappa shape index (κ3) is 2.68. The van der Waals surface area contributed by atoms with E-state index in [2.05, 4.69) is 38.2 Å². The largest absolute Gasteiger partial charge is 0.497 e. The van der Waals surface area contributed by atoms with Gasteiger partial charge in [0.25, 0.3) is 0 Å². The van der Waals surface area contributed by atoms with E-state index < -0.39 is 0 Å². The first-order valence-electron chi connectivity index (χ1n) is 7.90. The molecule has 118 valence electrons. The van der Waals surface area contributed by atoms with Gasteiger partial charge in [-0.15, -0.1) is 0 Å². The molecular formula is C18H20N4O. The molecule has 2 aromatic heterocycles. The topological polar surface area (TPSA) is 54.0 Å². The molecule has 0 aliphatic carbocycles. The van der Waals surface area contributed by atoms with E-state index in [-0.39, 0.29) is 0 Å². The molecule has 1 aliphatic rings. The second-order valence-corrected chi connectivity index (χ2v) is 6.08. The summed E-state index contributed by atoms with van der Waals surface area (Å²) in [5.41, 5.74) is 4.90. The fraction of sp³-hybridized carbons (Fsp3) is 0.333. The summed E-state index contributed by atoms with van der Waals surface area (Å²) in [5, 5.41) is 1.23. The van der Waals surface area contributed by atoms with Gasteiger partial charge in [-0.3, -0.25) is 4.90 Å². The quantitative estimate of drug-likeness (QED) is 0.808. The number of ether oxygens (including phenoxy) is 1. The van der Waals surface area contributed by atoms with Crippen molar-refractivity contribution in [2.75, 3.05) is 13.7 Å². The van der Waals surface area contributed by atoms with Crippen molar-refractivity contribution >= 4 is 10.9 Å². The lowest BCUT2D eigenvalue weighted by atomic mass is 10.1. The van der Waals surface area contributed by atoms with E-state index in [9.17, 15) is 0 Å². The molecule has 3 aromatic rings. The summed E-state index contributed by atoms with van der Waals surface area (Å²) in [6, 6.07) is 6.16. The Morgan fingerprint density at radius 2 is 2.26 bits per heavy atom. The molecule has 0 fully saturated rings. The molecule has 1 aromatic carbocycles. The number of aromatic amines is 1. The van der Waals surface area contributed by atoms with Crippen molar-refractivity contribution in [3.8, 4) is 5.75 Å². The molecule has 23 heavy (non-hydrogen) atoms. The van der Waals surface area contributed by atoms with Crippen LogP contribution in [0.4, 0.5) is 0 Å². The molecule has 0 unspecified atom stereocenters. The molecule has 0 amide bonds. The summed E-state index contributed by atoms with van der Waals surface area (Å²) < 4.78 is 5.35. The number of H-pyrrole nitrogens is 1. The number of fused-ring (bicyclic) bond motifs is 2. The van der Waals surface area contributed by atoms with Crippen LogP contribution in [0.5, 0.6) is 5.75 Å². The Labute approximate surface area is 135 Å². The molecule has 0 atom stereocenters. The lowest BCUT2D eigenvalue weighted by molar-refractivity contribution is 0.243. The molecule has 0 radical (unpaired) electrons. The first-order chi connectivity index (χ1) is 11.2. The second-order valence-electron chi connectivity index (χ2n) is 6.08. The zero-order valence-corrected chi connectivity index (χ0v) is 13.5. The summed E-state index contributed by atoms with van der Waals surface area (Å²) >= 11 is 0. The third-order valence-corrected chi connectivity index (χ3v) is 4.50. The number of nitrogens with zero attached hydrogens (tertiary/aromatic N) is 3. The average Bonchev–Trinajstić information content (AvgIpc) is 2.97. The van der Waals surface area contributed by atoms with Crippen LogP contribution in [0.15, 0.2) is 30.6 Å². The van der Waals surface area contributed by atoms with Gasteiger partial charge in [-0.25, -0.2) is 9.97 Å². The van der Waals surface area contributed by atoms with Crippen LogP contribution in [0.1, 0.15) is 22.6 Å². The number of benzene rings is 1. The Kier molecular flexibility index (Phi) is 3.50. The van der Waals surface area contributed by atoms with Crippen molar-refractivity contribution in [1.29, 1.82) is 0 Å². The van der Waals surface area contributed by atoms with Crippen molar-refractivity contribution < 1.29 is 4.74 Å². The summed E-state index contributed by atoms with van der Waals surface area (Å²) in [4.78, 5) is 14.7. The number of aromatic nitrogens is 3. The van der Waals surface area contributed by atoms with E-state index in [1.807, 2.05) is 19.2 Å². The maximum absolute atomic E-state index is 5.35. The molecule has 1 N–H and O–H groups in total. The molecule has 0 saturated heterocycles. The minimum atomic E-state index is 0.862. The fourth-order valence-corrected chi connectivity index (χ4v) is 3.27. The Morgan fingerprint density at radius 3 is 3.13 bits per heavy atom. The van der Waals surface area contributed by atoms with Crippen molar-refractivity contribution in [3.63, 3.8) is 0 Å². The number of methoxy groups -OCH3 is 1. The molecule has 4 rings (SSSR count). The lowest BCUT2D eigenvalue weighted by Gasteiger charge is -2.27. The van der Waals surface area contributed by atoms with Crippen LogP contribution in [-0.2, 0) is 19.5 Å². The van der Waals surface area contributed by atoms with Gasteiger partial charge < -0.3 is 9.72 Å². The van der Waals surface area contributed by atoms with Crippen LogP contribution in [0.25, 0.3) is 10.9 Å². The number of rotatable bonds is 3. The van der Waals surface area contributed by atoms with Gasteiger partial charge in [0.1, 0.15) is 11.6 Å². The Morgan fingerprint density at radius 1 is 1.35 bits per heavy atom. The molecule has 0 saturated carbocycles. The van der Waals surface area contributed by atoms with Gasteiger partial charge in [0.15, 0.2) is 0 Å². The highest BCUT2D eigenvalue weighted by atomic mass is 16.5. The molecule has 1 aliphatic heterocycles. The van der Waals surface area contributed by atoms with E-state index in [4.69, 9.17) is 4.74 Å². The zero-order chi connectivity index (χ0) is 15.8. The van der Waals surface area contributed by atoms with E-state index in [1.165, 1.54) is 22.2 Å². The van der Waals surface area contributed by atoms with Crippen LogP contribution in [-0.4, -0.2) is 33.5 Å². The number of hydrogen-bond donors (Lipinski definition) is 1. The first kappa shape index (κ1) is 14.2. The van der Waals surface area contributed by atoms with E-state index >= 15 is 0 Å². The minimum absolute atomic E-state index is 0.862. The summed E-state index contributed by atoms with van der Waals surface area (Å²) in [6.45, 7) is 4.80. The normalized spacial score (nSPS) is 14.9. The molecule has 3 heterocycles. The predicted molar refractivity (Wildman–Crippen MR) is 89.4 cm³/mol. The Balaban J connectivity index is 1.58. The average molecular weight is 308 g/mol. The third-order valence-electron chi connectivity index (χ3n) is 4.50. The standard InChI is InChI=1S/C18H20N4O/c1-12-19-9-14-11-22(6-5-17(14)21-12)10-13-8-20-18-4-3-15(23-2)7-16(13)18/h3-4,7-9,20H,5-6,10-11H2,1-2H3. The van der Waals surface area contributed by atoms with Gasteiger partial charge in [-0.05, 0) is 30.7 Å². The number of aryl methyl sites for hydroxylation is 1. The van der Waals surface area contributed by atoms with E-state index in [0.29, 0.717) is 0 Å². The van der Waals surface area contributed by atoms with Gasteiger partial charge in [-0.1, -0.05) is 0 Å². The van der Waals surface area contributed by atoms with Crippen LogP contribution < -0.4 is 4.74 Å². The predicted octanol–water partition coefficient (Wildman–Crippen LogP) is 2.83. The minimum Gasteiger partial charge on any atom is -0.497 e. The van der Waals surface area contributed by atoms with Crippen LogP contribution in [0, 0.1) is 6.92 Å². The maximum Gasteiger partial charge on any atom is 0.125 e. The summed E-state index contributed by atoms with van der Waals surface area (Å²) in [5.74, 6) is 1.76. The zero-order valence-electron chi connectivity index (χ0n) is 13.5. The van der Waals surface area contributed by atoms with E-state index in [0.717, 1.165) is 43.1 Å². The highest BCUT2D eigenvalue weighted by Gasteiger charge is 2.19. The number of nitrogens with one attached hydrogen (secondary N) is 1. The van der Waals surface area contributed by atoms with Crippen molar-refractivity contribution in [1.82, 2.24) is 19.9 Å². The van der Waals surface area contributed by atoms with Crippen molar-refractivity contribution in [3.05, 3.63) is 53.2 Å². The highest BCUT2D eigenvalue weighted by Crippen LogP contribution is 2.26. The van der Waals surface area contributed by atoms with Crippen LogP contribution >= 0.6 is 0 Å². The van der Waals surface area contributed by atoms with Crippen molar-refractivity contribution in [2.24, 2.45) is 0 Å². The van der Waals surface area contributed by atoms with Gasteiger partial charge >= 0.3 is 0 Å². The summed E-state index contributed by atoms with van der Waals surface area (Å²) in [7, 11) is 1.71. The maximum atomic E-state index is 5.35. The smallest absolute Gasteiger partial charge is 0.125 e. The molecular weight excluding hydrogens is 288 g/mol. The summed E-state index contributed by atoms with van der Waals surface area (Å²) in [6.07, 6.45) is 5.07. The monoisotopic (exact) mass is 308 g/mol.